The van der Waals surface area contributed by atoms with Gasteiger partial charge in [-0.1, -0.05) is 6.92 Å². The van der Waals surface area contributed by atoms with Crippen LogP contribution >= 0.6 is 0 Å². The first-order chi connectivity index (χ1) is 7.68. The minimum absolute atomic E-state index is 0.00684. The predicted molar refractivity (Wildman–Crippen MR) is 60.1 cm³/mol. The van der Waals surface area contributed by atoms with E-state index in [1.165, 1.54) is 0 Å². The molecule has 0 amide bonds. The Bertz CT molecular complexity index is 251. The Hall–Kier alpha value is -0.610. The van der Waals surface area contributed by atoms with Crippen molar-refractivity contribution in [3.8, 4) is 0 Å². The van der Waals surface area contributed by atoms with E-state index in [9.17, 15) is 4.79 Å². The standard InChI is InChI=1S/C12H21NO3/c1-9-7-11(9)12(14)16-8-10(2)13-3-5-15-6-4-13/h9-11H,3-8H2,1-2H3/t9-,10+,11-/m1/s1. The first-order valence-electron chi connectivity index (χ1n) is 6.17. The van der Waals surface area contributed by atoms with Crippen LogP contribution in [0.1, 0.15) is 20.3 Å². The number of carbonyl (C=O) groups is 1. The van der Waals surface area contributed by atoms with Crippen LogP contribution in [0.15, 0.2) is 0 Å². The van der Waals surface area contributed by atoms with Gasteiger partial charge in [-0.25, -0.2) is 0 Å². The number of morpholine rings is 1. The molecule has 2 rings (SSSR count). The molecule has 92 valence electrons. The molecular formula is C12H21NO3. The zero-order valence-corrected chi connectivity index (χ0v) is 10.1. The van der Waals surface area contributed by atoms with Crippen molar-refractivity contribution in [1.82, 2.24) is 4.90 Å². The summed E-state index contributed by atoms with van der Waals surface area (Å²) in [5.41, 5.74) is 0. The molecular weight excluding hydrogens is 206 g/mol. The number of esters is 1. The molecule has 2 fully saturated rings. The predicted octanol–water partition coefficient (Wildman–Crippen LogP) is 0.906. The molecule has 1 saturated heterocycles. The summed E-state index contributed by atoms with van der Waals surface area (Å²) < 4.78 is 10.6. The molecule has 1 saturated carbocycles. The topological polar surface area (TPSA) is 38.8 Å². The lowest BCUT2D eigenvalue weighted by Gasteiger charge is -2.31. The maximum absolute atomic E-state index is 11.5. The molecule has 0 spiro atoms. The smallest absolute Gasteiger partial charge is 0.309 e. The molecule has 0 N–H and O–H groups in total. The van der Waals surface area contributed by atoms with Gasteiger partial charge in [-0.2, -0.15) is 0 Å². The minimum Gasteiger partial charge on any atom is -0.464 e. The summed E-state index contributed by atoms with van der Waals surface area (Å²) in [4.78, 5) is 13.9. The van der Waals surface area contributed by atoms with Crippen molar-refractivity contribution in [3.63, 3.8) is 0 Å². The van der Waals surface area contributed by atoms with Crippen LogP contribution in [-0.2, 0) is 14.3 Å². The van der Waals surface area contributed by atoms with E-state index in [0.29, 0.717) is 18.6 Å². The Kier molecular flexibility index (Phi) is 3.82. The fourth-order valence-corrected chi connectivity index (χ4v) is 2.08. The van der Waals surface area contributed by atoms with Crippen molar-refractivity contribution in [2.75, 3.05) is 32.9 Å². The van der Waals surface area contributed by atoms with Crippen LogP contribution in [0.25, 0.3) is 0 Å². The number of hydrogen-bond donors (Lipinski definition) is 0. The van der Waals surface area contributed by atoms with Gasteiger partial charge in [0.1, 0.15) is 6.61 Å². The van der Waals surface area contributed by atoms with Crippen molar-refractivity contribution in [3.05, 3.63) is 0 Å². The summed E-state index contributed by atoms with van der Waals surface area (Å²) >= 11 is 0. The molecule has 16 heavy (non-hydrogen) atoms. The number of nitrogens with zero attached hydrogens (tertiary/aromatic N) is 1. The Balaban J connectivity index is 1.66. The van der Waals surface area contributed by atoms with Crippen molar-refractivity contribution in [1.29, 1.82) is 0 Å². The van der Waals surface area contributed by atoms with Gasteiger partial charge in [0.2, 0.25) is 0 Å². The van der Waals surface area contributed by atoms with Crippen LogP contribution in [0.2, 0.25) is 0 Å². The molecule has 0 aromatic rings. The maximum Gasteiger partial charge on any atom is 0.309 e. The minimum atomic E-state index is -0.00684. The third kappa shape index (κ3) is 2.95. The van der Waals surface area contributed by atoms with Gasteiger partial charge >= 0.3 is 5.97 Å². The number of ether oxygens (including phenoxy) is 2. The molecule has 3 atom stereocenters. The fraction of sp³-hybridized carbons (Fsp3) is 0.917. The van der Waals surface area contributed by atoms with E-state index >= 15 is 0 Å². The van der Waals surface area contributed by atoms with Crippen molar-refractivity contribution in [2.45, 2.75) is 26.3 Å². The third-order valence-corrected chi connectivity index (χ3v) is 3.55. The lowest BCUT2D eigenvalue weighted by atomic mass is 10.2. The van der Waals surface area contributed by atoms with Gasteiger partial charge in [0.05, 0.1) is 19.1 Å². The van der Waals surface area contributed by atoms with E-state index in [-0.39, 0.29) is 11.9 Å². The third-order valence-electron chi connectivity index (χ3n) is 3.55. The van der Waals surface area contributed by atoms with E-state index in [1.807, 2.05) is 0 Å². The van der Waals surface area contributed by atoms with Gasteiger partial charge < -0.3 is 9.47 Å². The SMILES string of the molecule is C[C@@H]1C[C@H]1C(=O)OC[C@H](C)N1CCOCC1. The molecule has 0 aromatic heterocycles. The summed E-state index contributed by atoms with van der Waals surface area (Å²) in [6.07, 6.45) is 1.00. The van der Waals surface area contributed by atoms with Crippen molar-refractivity contribution < 1.29 is 14.3 Å². The molecule has 1 aliphatic heterocycles. The van der Waals surface area contributed by atoms with E-state index < -0.39 is 0 Å². The Morgan fingerprint density at radius 1 is 1.50 bits per heavy atom. The Labute approximate surface area is 96.9 Å². The highest BCUT2D eigenvalue weighted by molar-refractivity contribution is 5.75. The second-order valence-electron chi connectivity index (χ2n) is 4.95. The van der Waals surface area contributed by atoms with Gasteiger partial charge in [0, 0.05) is 19.1 Å². The van der Waals surface area contributed by atoms with Gasteiger partial charge in [-0.3, -0.25) is 9.69 Å². The normalized spacial score (nSPS) is 32.1. The van der Waals surface area contributed by atoms with Crippen LogP contribution in [0.3, 0.4) is 0 Å². The molecule has 0 unspecified atom stereocenters. The summed E-state index contributed by atoms with van der Waals surface area (Å²) in [6.45, 7) is 8.18. The van der Waals surface area contributed by atoms with Crippen LogP contribution in [0.5, 0.6) is 0 Å². The van der Waals surface area contributed by atoms with Gasteiger partial charge in [0.15, 0.2) is 0 Å². The quantitative estimate of drug-likeness (QED) is 0.669. The number of rotatable bonds is 4. The van der Waals surface area contributed by atoms with Crippen molar-refractivity contribution in [2.24, 2.45) is 11.8 Å². The van der Waals surface area contributed by atoms with Gasteiger partial charge in [0.25, 0.3) is 0 Å². The highest BCUT2D eigenvalue weighted by atomic mass is 16.5. The summed E-state index contributed by atoms with van der Waals surface area (Å²) in [6, 6.07) is 0.307. The van der Waals surface area contributed by atoms with E-state index in [4.69, 9.17) is 9.47 Å². The van der Waals surface area contributed by atoms with Crippen molar-refractivity contribution >= 4 is 5.97 Å². The molecule has 0 aromatic carbocycles. The fourth-order valence-electron chi connectivity index (χ4n) is 2.08. The molecule has 4 heteroatoms. The highest BCUT2D eigenvalue weighted by Crippen LogP contribution is 2.38. The van der Waals surface area contributed by atoms with E-state index in [2.05, 4.69) is 18.7 Å². The first-order valence-corrected chi connectivity index (χ1v) is 6.17. The van der Waals surface area contributed by atoms with Crippen LogP contribution in [-0.4, -0.2) is 49.8 Å². The van der Waals surface area contributed by atoms with Gasteiger partial charge in [-0.15, -0.1) is 0 Å². The summed E-state index contributed by atoms with van der Waals surface area (Å²) in [5.74, 6) is 0.704. The zero-order chi connectivity index (χ0) is 11.5. The summed E-state index contributed by atoms with van der Waals surface area (Å²) in [7, 11) is 0. The lowest BCUT2D eigenvalue weighted by molar-refractivity contribution is -0.147. The largest absolute Gasteiger partial charge is 0.464 e. The average Bonchev–Trinajstić information content (AvgIpc) is 3.04. The van der Waals surface area contributed by atoms with E-state index in [1.54, 1.807) is 0 Å². The molecule has 0 radical (unpaired) electrons. The lowest BCUT2D eigenvalue weighted by Crippen LogP contribution is -2.44. The second kappa shape index (κ2) is 5.15. The zero-order valence-electron chi connectivity index (χ0n) is 10.1. The van der Waals surface area contributed by atoms with Gasteiger partial charge in [-0.05, 0) is 19.3 Å². The Morgan fingerprint density at radius 3 is 2.69 bits per heavy atom. The average molecular weight is 227 g/mol. The highest BCUT2D eigenvalue weighted by Gasteiger charge is 2.40. The Morgan fingerprint density at radius 2 is 2.12 bits per heavy atom. The van der Waals surface area contributed by atoms with Crippen LogP contribution in [0.4, 0.5) is 0 Å². The van der Waals surface area contributed by atoms with E-state index in [0.717, 1.165) is 32.7 Å². The molecule has 2 aliphatic rings. The number of hydrogen-bond acceptors (Lipinski definition) is 4. The van der Waals surface area contributed by atoms with Crippen LogP contribution in [0, 0.1) is 11.8 Å². The summed E-state index contributed by atoms with van der Waals surface area (Å²) in [5, 5.41) is 0. The maximum atomic E-state index is 11.5. The number of carbonyl (C=O) groups excluding carboxylic acids is 1. The monoisotopic (exact) mass is 227 g/mol. The molecule has 1 heterocycles. The second-order valence-corrected chi connectivity index (χ2v) is 4.95. The molecule has 4 nitrogen and oxygen atoms in total. The molecule has 1 aliphatic carbocycles. The molecule has 0 bridgehead atoms. The first kappa shape index (κ1) is 11.9. The van der Waals surface area contributed by atoms with Crippen LogP contribution < -0.4 is 0 Å².